The number of hydrogen-bond donors (Lipinski definition) is 1. The van der Waals surface area contributed by atoms with Crippen molar-refractivity contribution in [3.8, 4) is 0 Å². The summed E-state index contributed by atoms with van der Waals surface area (Å²) in [6.45, 7) is 4.42. The zero-order chi connectivity index (χ0) is 14.3. The molecule has 2 heteroatoms. The van der Waals surface area contributed by atoms with Gasteiger partial charge in [-0.3, -0.25) is 0 Å². The highest BCUT2D eigenvalue weighted by Crippen LogP contribution is 2.44. The van der Waals surface area contributed by atoms with Crippen molar-refractivity contribution in [2.45, 2.75) is 35.3 Å². The first kappa shape index (κ1) is 13.4. The van der Waals surface area contributed by atoms with E-state index in [4.69, 9.17) is 0 Å². The summed E-state index contributed by atoms with van der Waals surface area (Å²) in [5.41, 5.74) is 4.76. The number of benzene rings is 2. The predicted octanol–water partition coefficient (Wildman–Crippen LogP) is 3.94. The molecule has 2 aliphatic heterocycles. The number of fused-ring (bicyclic) bond motifs is 1. The summed E-state index contributed by atoms with van der Waals surface area (Å²) in [6.07, 6.45) is 2.51. The van der Waals surface area contributed by atoms with Gasteiger partial charge in [0.15, 0.2) is 0 Å². The second-order valence-electron chi connectivity index (χ2n) is 6.51. The van der Waals surface area contributed by atoms with Gasteiger partial charge in [-0.15, -0.1) is 11.8 Å². The van der Waals surface area contributed by atoms with Crippen LogP contribution in [-0.2, 0) is 11.8 Å². The average Bonchev–Trinajstić information content (AvgIpc) is 2.86. The molecule has 0 bridgehead atoms. The highest BCUT2D eigenvalue weighted by atomic mass is 32.2. The van der Waals surface area contributed by atoms with E-state index in [9.17, 15) is 0 Å². The smallest absolute Gasteiger partial charge is 0.0213 e. The number of aryl methyl sites for hydroxylation is 1. The summed E-state index contributed by atoms with van der Waals surface area (Å²) in [5, 5.41) is 4.23. The van der Waals surface area contributed by atoms with Gasteiger partial charge in [-0.1, -0.05) is 48.0 Å². The van der Waals surface area contributed by atoms with Crippen molar-refractivity contribution in [1.82, 2.24) is 5.32 Å². The highest BCUT2D eigenvalue weighted by Gasteiger charge is 2.41. The lowest BCUT2D eigenvalue weighted by Crippen LogP contribution is -2.57. The van der Waals surface area contributed by atoms with E-state index >= 15 is 0 Å². The van der Waals surface area contributed by atoms with E-state index in [0.29, 0.717) is 5.41 Å². The van der Waals surface area contributed by atoms with Gasteiger partial charge in [0, 0.05) is 28.6 Å². The Balaban J connectivity index is 1.54. The van der Waals surface area contributed by atoms with Crippen molar-refractivity contribution in [2.75, 3.05) is 13.1 Å². The molecule has 0 spiro atoms. The zero-order valence-electron chi connectivity index (χ0n) is 12.4. The maximum atomic E-state index is 3.50. The van der Waals surface area contributed by atoms with Crippen molar-refractivity contribution in [1.29, 1.82) is 0 Å². The summed E-state index contributed by atoms with van der Waals surface area (Å²) in [6, 6.07) is 18.1. The van der Waals surface area contributed by atoms with E-state index in [-0.39, 0.29) is 0 Å². The standard InChI is InChI=1S/C19H21NS/c1-14-6-8-16(9-7-14)19(12-20-13-19)11-17-10-15-4-2-3-5-18(15)21-17/h2-9,17,20H,10-13H2,1H3. The summed E-state index contributed by atoms with van der Waals surface area (Å²) in [5.74, 6) is 0. The Bertz CT molecular complexity index is 618. The minimum Gasteiger partial charge on any atom is -0.315 e. The number of rotatable bonds is 3. The molecular formula is C19H21NS. The Labute approximate surface area is 131 Å². The molecule has 1 unspecified atom stereocenters. The molecule has 0 aromatic heterocycles. The van der Waals surface area contributed by atoms with E-state index in [0.717, 1.165) is 18.3 Å². The molecule has 108 valence electrons. The first-order valence-electron chi connectivity index (χ1n) is 7.78. The van der Waals surface area contributed by atoms with Crippen molar-refractivity contribution >= 4 is 11.8 Å². The normalized spacial score (nSPS) is 22.6. The lowest BCUT2D eigenvalue weighted by Gasteiger charge is -2.45. The van der Waals surface area contributed by atoms with Crippen molar-refractivity contribution in [3.63, 3.8) is 0 Å². The second-order valence-corrected chi connectivity index (χ2v) is 7.85. The van der Waals surface area contributed by atoms with E-state index in [1.807, 2.05) is 0 Å². The molecule has 2 heterocycles. The first-order valence-corrected chi connectivity index (χ1v) is 8.66. The molecule has 0 radical (unpaired) electrons. The van der Waals surface area contributed by atoms with Crippen LogP contribution in [0.4, 0.5) is 0 Å². The lowest BCUT2D eigenvalue weighted by molar-refractivity contribution is 0.256. The highest BCUT2D eigenvalue weighted by molar-refractivity contribution is 8.00. The Morgan fingerprint density at radius 2 is 1.86 bits per heavy atom. The maximum Gasteiger partial charge on any atom is 0.0213 e. The number of thioether (sulfide) groups is 1. The van der Waals surface area contributed by atoms with Crippen LogP contribution in [0.3, 0.4) is 0 Å². The number of nitrogens with one attached hydrogen (secondary N) is 1. The SMILES string of the molecule is Cc1ccc(C2(CC3Cc4ccccc4S3)CNC2)cc1. The minimum atomic E-state index is 0.355. The molecule has 0 amide bonds. The van der Waals surface area contributed by atoms with Crippen molar-refractivity contribution in [3.05, 3.63) is 65.2 Å². The van der Waals surface area contributed by atoms with Crippen LogP contribution in [0.2, 0.25) is 0 Å². The van der Waals surface area contributed by atoms with Gasteiger partial charge in [0.2, 0.25) is 0 Å². The molecule has 0 aliphatic carbocycles. The Morgan fingerprint density at radius 3 is 2.52 bits per heavy atom. The van der Waals surface area contributed by atoms with Gasteiger partial charge >= 0.3 is 0 Å². The van der Waals surface area contributed by atoms with Crippen LogP contribution in [0.25, 0.3) is 0 Å². The zero-order valence-corrected chi connectivity index (χ0v) is 13.2. The molecular weight excluding hydrogens is 274 g/mol. The molecule has 4 rings (SSSR count). The fourth-order valence-corrected chi connectivity index (χ4v) is 5.09. The van der Waals surface area contributed by atoms with Gasteiger partial charge in [0.1, 0.15) is 0 Å². The van der Waals surface area contributed by atoms with Gasteiger partial charge in [-0.2, -0.15) is 0 Å². The molecule has 0 saturated carbocycles. The van der Waals surface area contributed by atoms with E-state index in [1.54, 1.807) is 5.56 Å². The molecule has 2 aromatic rings. The Morgan fingerprint density at radius 1 is 1.10 bits per heavy atom. The van der Waals surface area contributed by atoms with Crippen LogP contribution in [-0.4, -0.2) is 18.3 Å². The largest absolute Gasteiger partial charge is 0.315 e. The van der Waals surface area contributed by atoms with Gasteiger partial charge in [0.25, 0.3) is 0 Å². The molecule has 1 nitrogen and oxygen atoms in total. The van der Waals surface area contributed by atoms with Crippen LogP contribution >= 0.6 is 11.8 Å². The summed E-state index contributed by atoms with van der Waals surface area (Å²) < 4.78 is 0. The van der Waals surface area contributed by atoms with Gasteiger partial charge in [-0.25, -0.2) is 0 Å². The molecule has 2 aromatic carbocycles. The Kier molecular flexibility index (Phi) is 3.31. The molecule has 2 aliphatic rings. The van der Waals surface area contributed by atoms with Gasteiger partial charge < -0.3 is 5.32 Å². The second kappa shape index (κ2) is 5.19. The fraction of sp³-hybridized carbons (Fsp3) is 0.368. The van der Waals surface area contributed by atoms with Crippen LogP contribution < -0.4 is 5.32 Å². The molecule has 1 fully saturated rings. The summed E-state index contributed by atoms with van der Waals surface area (Å²) in [4.78, 5) is 1.49. The number of hydrogen-bond acceptors (Lipinski definition) is 2. The Hall–Kier alpha value is -1.25. The predicted molar refractivity (Wildman–Crippen MR) is 90.1 cm³/mol. The maximum absolute atomic E-state index is 3.50. The van der Waals surface area contributed by atoms with Crippen LogP contribution in [0, 0.1) is 6.92 Å². The third kappa shape index (κ3) is 2.41. The summed E-state index contributed by atoms with van der Waals surface area (Å²) in [7, 11) is 0. The lowest BCUT2D eigenvalue weighted by atomic mass is 9.71. The third-order valence-electron chi connectivity index (χ3n) is 4.92. The van der Waals surface area contributed by atoms with E-state index in [1.165, 1.54) is 28.9 Å². The third-order valence-corrected chi connectivity index (χ3v) is 6.24. The quantitative estimate of drug-likeness (QED) is 0.920. The topological polar surface area (TPSA) is 12.0 Å². The van der Waals surface area contributed by atoms with Crippen molar-refractivity contribution < 1.29 is 0 Å². The first-order chi connectivity index (χ1) is 10.3. The van der Waals surface area contributed by atoms with E-state index in [2.05, 4.69) is 72.5 Å². The molecule has 1 saturated heterocycles. The fourth-order valence-electron chi connectivity index (χ4n) is 3.60. The van der Waals surface area contributed by atoms with Crippen LogP contribution in [0.1, 0.15) is 23.1 Å². The average molecular weight is 295 g/mol. The van der Waals surface area contributed by atoms with Gasteiger partial charge in [-0.05, 0) is 37.0 Å². The summed E-state index contributed by atoms with van der Waals surface area (Å²) >= 11 is 2.08. The van der Waals surface area contributed by atoms with E-state index < -0.39 is 0 Å². The van der Waals surface area contributed by atoms with Crippen LogP contribution in [0.5, 0.6) is 0 Å². The minimum absolute atomic E-state index is 0.355. The monoisotopic (exact) mass is 295 g/mol. The van der Waals surface area contributed by atoms with Crippen molar-refractivity contribution in [2.24, 2.45) is 0 Å². The molecule has 1 N–H and O–H groups in total. The molecule has 21 heavy (non-hydrogen) atoms. The molecule has 1 atom stereocenters. The van der Waals surface area contributed by atoms with Gasteiger partial charge in [0.05, 0.1) is 0 Å². The van der Waals surface area contributed by atoms with Crippen LogP contribution in [0.15, 0.2) is 53.4 Å².